The van der Waals surface area contributed by atoms with Crippen LogP contribution in [-0.4, -0.2) is 45.5 Å². The summed E-state index contributed by atoms with van der Waals surface area (Å²) in [5, 5.41) is 0. The molecule has 0 bridgehead atoms. The van der Waals surface area contributed by atoms with Crippen molar-refractivity contribution in [2.45, 2.75) is 25.2 Å². The van der Waals surface area contributed by atoms with Crippen molar-refractivity contribution in [2.24, 2.45) is 0 Å². The molecule has 27 heavy (non-hydrogen) atoms. The van der Waals surface area contributed by atoms with Gasteiger partial charge >= 0.3 is 5.97 Å². The average molecular weight is 391 g/mol. The first kappa shape index (κ1) is 21.1. The van der Waals surface area contributed by atoms with E-state index in [9.17, 15) is 13.2 Å². The molecule has 0 atom stereocenters. The van der Waals surface area contributed by atoms with Gasteiger partial charge in [0.05, 0.1) is 17.1 Å². The van der Waals surface area contributed by atoms with Crippen LogP contribution in [0, 0.1) is 0 Å². The van der Waals surface area contributed by atoms with Gasteiger partial charge in [-0.3, -0.25) is 0 Å². The van der Waals surface area contributed by atoms with E-state index in [1.165, 1.54) is 22.5 Å². The smallest absolute Gasteiger partial charge is 0.343 e. The van der Waals surface area contributed by atoms with Gasteiger partial charge in [0.25, 0.3) is 0 Å². The highest BCUT2D eigenvalue weighted by Gasteiger charge is 2.22. The number of sulfonamides is 1. The molecule has 0 fully saturated rings. The van der Waals surface area contributed by atoms with E-state index in [-0.39, 0.29) is 10.5 Å². The molecule has 0 saturated heterocycles. The molecule has 0 aliphatic carbocycles. The van der Waals surface area contributed by atoms with Crippen molar-refractivity contribution >= 4 is 16.0 Å². The zero-order valence-electron chi connectivity index (χ0n) is 15.8. The molecule has 2 aromatic carbocycles. The molecule has 0 aromatic heterocycles. The number of esters is 1. The van der Waals surface area contributed by atoms with Gasteiger partial charge in [0.1, 0.15) is 5.75 Å². The Labute approximate surface area is 160 Å². The quantitative estimate of drug-likeness (QED) is 0.485. The van der Waals surface area contributed by atoms with Gasteiger partial charge in [0, 0.05) is 20.2 Å². The van der Waals surface area contributed by atoms with E-state index >= 15 is 0 Å². The monoisotopic (exact) mass is 391 g/mol. The number of hydrogen-bond acceptors (Lipinski definition) is 5. The predicted octanol–water partition coefficient (Wildman–Crippen LogP) is 3.13. The third kappa shape index (κ3) is 5.38. The molecule has 146 valence electrons. The molecule has 7 heteroatoms. The number of carbonyl (C=O) groups is 1. The summed E-state index contributed by atoms with van der Waals surface area (Å²) in [4.78, 5) is 12.5. The fourth-order valence-electron chi connectivity index (χ4n) is 2.61. The molecule has 0 aliphatic heterocycles. The van der Waals surface area contributed by atoms with E-state index in [1.807, 2.05) is 12.1 Å². The van der Waals surface area contributed by atoms with Crippen molar-refractivity contribution in [1.82, 2.24) is 4.31 Å². The van der Waals surface area contributed by atoms with Crippen molar-refractivity contribution in [3.05, 3.63) is 59.7 Å². The van der Waals surface area contributed by atoms with Crippen LogP contribution >= 0.6 is 0 Å². The summed E-state index contributed by atoms with van der Waals surface area (Å²) < 4.78 is 37.0. The molecule has 2 aromatic rings. The van der Waals surface area contributed by atoms with E-state index in [2.05, 4.69) is 0 Å². The SMILES string of the molecule is CCN(CC)S(=O)(=O)c1cccc(C(=O)Oc2ccc(CCOC)cc2)c1. The Kier molecular flexibility index (Phi) is 7.53. The van der Waals surface area contributed by atoms with Crippen molar-refractivity contribution in [2.75, 3.05) is 26.8 Å². The second-order valence-corrected chi connectivity index (χ2v) is 7.83. The number of ether oxygens (including phenoxy) is 2. The molecule has 0 N–H and O–H groups in total. The lowest BCUT2D eigenvalue weighted by molar-refractivity contribution is 0.0734. The van der Waals surface area contributed by atoms with Gasteiger partial charge in [-0.25, -0.2) is 13.2 Å². The number of nitrogens with zero attached hydrogens (tertiary/aromatic N) is 1. The molecule has 0 spiro atoms. The average Bonchev–Trinajstić information content (AvgIpc) is 2.68. The minimum Gasteiger partial charge on any atom is -0.423 e. The Morgan fingerprint density at radius 2 is 1.70 bits per heavy atom. The van der Waals surface area contributed by atoms with Crippen molar-refractivity contribution < 1.29 is 22.7 Å². The number of hydrogen-bond donors (Lipinski definition) is 0. The third-order valence-electron chi connectivity index (χ3n) is 4.14. The largest absolute Gasteiger partial charge is 0.423 e. The standard InChI is InChI=1S/C20H25NO5S/c1-4-21(5-2)27(23,24)19-8-6-7-17(15-19)20(22)26-18-11-9-16(10-12-18)13-14-25-3/h6-12,15H,4-5,13-14H2,1-3H3. The summed E-state index contributed by atoms with van der Waals surface area (Å²) in [5.41, 5.74) is 1.26. The second-order valence-electron chi connectivity index (χ2n) is 5.89. The van der Waals surface area contributed by atoms with E-state index in [0.29, 0.717) is 25.4 Å². The summed E-state index contributed by atoms with van der Waals surface area (Å²) in [6, 6.07) is 13.1. The van der Waals surface area contributed by atoms with Crippen LogP contribution in [0.5, 0.6) is 5.75 Å². The number of carbonyl (C=O) groups excluding carboxylic acids is 1. The van der Waals surface area contributed by atoms with Crippen LogP contribution in [0.4, 0.5) is 0 Å². The maximum Gasteiger partial charge on any atom is 0.343 e. The first-order chi connectivity index (χ1) is 12.9. The van der Waals surface area contributed by atoms with Gasteiger partial charge in [-0.1, -0.05) is 32.0 Å². The zero-order chi connectivity index (χ0) is 19.9. The van der Waals surface area contributed by atoms with Crippen LogP contribution in [0.2, 0.25) is 0 Å². The highest BCUT2D eigenvalue weighted by molar-refractivity contribution is 7.89. The molecule has 0 amide bonds. The summed E-state index contributed by atoms with van der Waals surface area (Å²) in [6.45, 7) is 4.89. The van der Waals surface area contributed by atoms with Crippen LogP contribution in [0.25, 0.3) is 0 Å². The van der Waals surface area contributed by atoms with Crippen LogP contribution < -0.4 is 4.74 Å². The van der Waals surface area contributed by atoms with Gasteiger partial charge < -0.3 is 9.47 Å². The topological polar surface area (TPSA) is 72.9 Å². The van der Waals surface area contributed by atoms with Crippen LogP contribution in [0.15, 0.2) is 53.4 Å². The molecule has 2 rings (SSSR count). The molecular formula is C20H25NO5S. The Morgan fingerprint density at radius 1 is 1.04 bits per heavy atom. The fourth-order valence-corrected chi connectivity index (χ4v) is 4.11. The summed E-state index contributed by atoms with van der Waals surface area (Å²) in [5.74, 6) is -0.200. The highest BCUT2D eigenvalue weighted by atomic mass is 32.2. The Bertz CT molecular complexity index is 858. The van der Waals surface area contributed by atoms with Gasteiger partial charge in [0.2, 0.25) is 10.0 Å². The summed E-state index contributed by atoms with van der Waals surface area (Å²) in [6.07, 6.45) is 0.774. The number of methoxy groups -OCH3 is 1. The summed E-state index contributed by atoms with van der Waals surface area (Å²) >= 11 is 0. The molecule has 0 saturated carbocycles. The summed E-state index contributed by atoms with van der Waals surface area (Å²) in [7, 11) is -1.99. The normalized spacial score (nSPS) is 11.6. The lowest BCUT2D eigenvalue weighted by Gasteiger charge is -2.18. The Morgan fingerprint density at radius 3 is 2.30 bits per heavy atom. The fraction of sp³-hybridized carbons (Fsp3) is 0.350. The van der Waals surface area contributed by atoms with Gasteiger partial charge in [-0.2, -0.15) is 4.31 Å². The maximum atomic E-state index is 12.6. The minimum absolute atomic E-state index is 0.0792. The molecule has 6 nitrogen and oxygen atoms in total. The third-order valence-corrected chi connectivity index (χ3v) is 6.19. The first-order valence-corrected chi connectivity index (χ1v) is 10.3. The molecular weight excluding hydrogens is 366 g/mol. The van der Waals surface area contributed by atoms with Crippen molar-refractivity contribution in [3.8, 4) is 5.75 Å². The second kappa shape index (κ2) is 9.64. The van der Waals surface area contributed by atoms with Crippen molar-refractivity contribution in [3.63, 3.8) is 0 Å². The van der Waals surface area contributed by atoms with E-state index in [0.717, 1.165) is 12.0 Å². The molecule has 0 unspecified atom stereocenters. The Hall–Kier alpha value is -2.22. The van der Waals surface area contributed by atoms with Crippen molar-refractivity contribution in [1.29, 1.82) is 0 Å². The lowest BCUT2D eigenvalue weighted by atomic mass is 10.1. The van der Waals surface area contributed by atoms with E-state index in [4.69, 9.17) is 9.47 Å². The van der Waals surface area contributed by atoms with Gasteiger partial charge in [-0.05, 0) is 42.3 Å². The zero-order valence-corrected chi connectivity index (χ0v) is 16.7. The Balaban J connectivity index is 2.15. The predicted molar refractivity (Wildman–Crippen MR) is 104 cm³/mol. The van der Waals surface area contributed by atoms with Crippen LogP contribution in [0.1, 0.15) is 29.8 Å². The number of rotatable bonds is 9. The lowest BCUT2D eigenvalue weighted by Crippen LogP contribution is -2.30. The molecule has 0 radical (unpaired) electrons. The van der Waals surface area contributed by atoms with E-state index in [1.54, 1.807) is 39.2 Å². The van der Waals surface area contributed by atoms with Crippen LogP contribution in [-0.2, 0) is 21.2 Å². The van der Waals surface area contributed by atoms with Gasteiger partial charge in [-0.15, -0.1) is 0 Å². The first-order valence-electron chi connectivity index (χ1n) is 8.82. The molecule has 0 aliphatic rings. The van der Waals surface area contributed by atoms with Crippen LogP contribution in [0.3, 0.4) is 0 Å². The molecule has 0 heterocycles. The van der Waals surface area contributed by atoms with E-state index < -0.39 is 16.0 Å². The van der Waals surface area contributed by atoms with Gasteiger partial charge in [0.15, 0.2) is 0 Å². The number of benzene rings is 2. The highest BCUT2D eigenvalue weighted by Crippen LogP contribution is 2.19. The minimum atomic E-state index is -3.63. The maximum absolute atomic E-state index is 12.6.